The van der Waals surface area contributed by atoms with Gasteiger partial charge in [0.2, 0.25) is 0 Å². The molecule has 1 aromatic carbocycles. The molecule has 1 aromatic rings. The highest BCUT2D eigenvalue weighted by Gasteiger charge is 2.20. The van der Waals surface area contributed by atoms with Crippen molar-refractivity contribution in [3.05, 3.63) is 29.8 Å². The summed E-state index contributed by atoms with van der Waals surface area (Å²) in [4.78, 5) is 0. The normalized spacial score (nSPS) is 17.3. The van der Waals surface area contributed by atoms with Crippen molar-refractivity contribution < 1.29 is 10.2 Å². The molecule has 16 heavy (non-hydrogen) atoms. The van der Waals surface area contributed by atoms with Crippen LogP contribution in [0, 0.1) is 5.92 Å². The summed E-state index contributed by atoms with van der Waals surface area (Å²) in [6.07, 6.45) is 3.49. The van der Waals surface area contributed by atoms with Crippen LogP contribution in [-0.2, 0) is 0 Å². The van der Waals surface area contributed by atoms with Gasteiger partial charge in [0.1, 0.15) is 5.75 Å². The van der Waals surface area contributed by atoms with Crippen molar-refractivity contribution in [2.75, 3.05) is 13.1 Å². The second-order valence-corrected chi connectivity index (χ2v) is 4.54. The SMILES string of the molecule is Oc1ccc(C(O)CNCCC2CC2)cc1. The molecule has 3 N–H and O–H groups in total. The van der Waals surface area contributed by atoms with E-state index in [2.05, 4.69) is 5.32 Å². The van der Waals surface area contributed by atoms with E-state index >= 15 is 0 Å². The first-order chi connectivity index (χ1) is 7.75. The third-order valence-corrected chi connectivity index (χ3v) is 3.04. The van der Waals surface area contributed by atoms with Crippen LogP contribution >= 0.6 is 0 Å². The third kappa shape index (κ3) is 3.51. The number of aromatic hydroxyl groups is 1. The number of hydrogen-bond donors (Lipinski definition) is 3. The molecule has 2 rings (SSSR count). The zero-order valence-electron chi connectivity index (χ0n) is 9.39. The van der Waals surface area contributed by atoms with Crippen LogP contribution in [0.4, 0.5) is 0 Å². The fraction of sp³-hybridized carbons (Fsp3) is 0.538. The Labute approximate surface area is 96.1 Å². The molecule has 0 aromatic heterocycles. The number of rotatable bonds is 6. The van der Waals surface area contributed by atoms with Gasteiger partial charge < -0.3 is 15.5 Å². The Kier molecular flexibility index (Phi) is 3.80. The van der Waals surface area contributed by atoms with E-state index < -0.39 is 6.10 Å². The van der Waals surface area contributed by atoms with Crippen molar-refractivity contribution >= 4 is 0 Å². The summed E-state index contributed by atoms with van der Waals surface area (Å²) in [6, 6.07) is 6.71. The molecule has 0 amide bonds. The van der Waals surface area contributed by atoms with E-state index in [1.165, 1.54) is 19.3 Å². The molecule has 1 aliphatic rings. The summed E-state index contributed by atoms with van der Waals surface area (Å²) in [5, 5.41) is 22.2. The minimum absolute atomic E-state index is 0.234. The maximum Gasteiger partial charge on any atom is 0.115 e. The van der Waals surface area contributed by atoms with Gasteiger partial charge >= 0.3 is 0 Å². The van der Waals surface area contributed by atoms with E-state index in [0.717, 1.165) is 18.0 Å². The topological polar surface area (TPSA) is 52.5 Å². The minimum Gasteiger partial charge on any atom is -0.508 e. The summed E-state index contributed by atoms with van der Waals surface area (Å²) >= 11 is 0. The Hall–Kier alpha value is -1.06. The summed E-state index contributed by atoms with van der Waals surface area (Å²) < 4.78 is 0. The number of phenols is 1. The molecule has 1 atom stereocenters. The minimum atomic E-state index is -0.486. The summed E-state index contributed by atoms with van der Waals surface area (Å²) in [6.45, 7) is 1.57. The van der Waals surface area contributed by atoms with Crippen LogP contribution in [0.5, 0.6) is 5.75 Å². The fourth-order valence-electron chi connectivity index (χ4n) is 1.77. The molecule has 0 aliphatic heterocycles. The maximum atomic E-state index is 9.85. The summed E-state index contributed by atoms with van der Waals surface area (Å²) in [5.41, 5.74) is 0.844. The van der Waals surface area contributed by atoms with Crippen LogP contribution in [0.1, 0.15) is 30.9 Å². The van der Waals surface area contributed by atoms with E-state index in [9.17, 15) is 5.11 Å². The predicted octanol–water partition coefficient (Wildman–Crippen LogP) is 1.82. The molecule has 1 aliphatic carbocycles. The number of aliphatic hydroxyl groups excluding tert-OH is 1. The Morgan fingerprint density at radius 1 is 1.25 bits per heavy atom. The van der Waals surface area contributed by atoms with Gasteiger partial charge in [-0.25, -0.2) is 0 Å². The lowest BCUT2D eigenvalue weighted by molar-refractivity contribution is 0.174. The lowest BCUT2D eigenvalue weighted by atomic mass is 10.1. The van der Waals surface area contributed by atoms with Gasteiger partial charge in [0.05, 0.1) is 6.10 Å². The number of aliphatic hydroxyl groups is 1. The molecule has 0 bridgehead atoms. The molecule has 3 nitrogen and oxygen atoms in total. The Morgan fingerprint density at radius 3 is 2.56 bits per heavy atom. The van der Waals surface area contributed by atoms with Gasteiger partial charge in [0, 0.05) is 6.54 Å². The van der Waals surface area contributed by atoms with Gasteiger partial charge in [0.15, 0.2) is 0 Å². The van der Waals surface area contributed by atoms with Gasteiger partial charge in [0.25, 0.3) is 0 Å². The molecule has 1 fully saturated rings. The highest BCUT2D eigenvalue weighted by atomic mass is 16.3. The van der Waals surface area contributed by atoms with Crippen molar-refractivity contribution in [2.45, 2.75) is 25.4 Å². The van der Waals surface area contributed by atoms with Crippen LogP contribution in [0.3, 0.4) is 0 Å². The smallest absolute Gasteiger partial charge is 0.115 e. The number of hydrogen-bond acceptors (Lipinski definition) is 3. The van der Waals surface area contributed by atoms with E-state index in [1.807, 2.05) is 0 Å². The standard InChI is InChI=1S/C13H19NO2/c15-12-5-3-11(4-6-12)13(16)9-14-8-7-10-1-2-10/h3-6,10,13-16H,1-2,7-9H2. The average Bonchev–Trinajstić information content (AvgIpc) is 3.09. The molecular weight excluding hydrogens is 202 g/mol. The lowest BCUT2D eigenvalue weighted by Crippen LogP contribution is -2.22. The zero-order valence-corrected chi connectivity index (χ0v) is 9.39. The fourth-order valence-corrected chi connectivity index (χ4v) is 1.77. The van der Waals surface area contributed by atoms with E-state index in [1.54, 1.807) is 24.3 Å². The van der Waals surface area contributed by atoms with Gasteiger partial charge in [-0.3, -0.25) is 0 Å². The van der Waals surface area contributed by atoms with Crippen molar-refractivity contribution in [3.63, 3.8) is 0 Å². The van der Waals surface area contributed by atoms with Crippen molar-refractivity contribution in [2.24, 2.45) is 5.92 Å². The van der Waals surface area contributed by atoms with E-state index in [4.69, 9.17) is 5.11 Å². The molecule has 3 heteroatoms. The molecule has 1 saturated carbocycles. The van der Waals surface area contributed by atoms with Gasteiger partial charge in [-0.1, -0.05) is 25.0 Å². The lowest BCUT2D eigenvalue weighted by Gasteiger charge is -2.12. The van der Waals surface area contributed by atoms with E-state index in [0.29, 0.717) is 6.54 Å². The van der Waals surface area contributed by atoms with Gasteiger partial charge in [-0.05, 0) is 36.6 Å². The number of benzene rings is 1. The first-order valence-corrected chi connectivity index (χ1v) is 5.93. The highest BCUT2D eigenvalue weighted by Crippen LogP contribution is 2.31. The van der Waals surface area contributed by atoms with Crippen LogP contribution in [0.15, 0.2) is 24.3 Å². The van der Waals surface area contributed by atoms with Crippen LogP contribution < -0.4 is 5.32 Å². The summed E-state index contributed by atoms with van der Waals surface area (Å²) in [7, 11) is 0. The number of phenolic OH excluding ortho intramolecular Hbond substituents is 1. The van der Waals surface area contributed by atoms with E-state index in [-0.39, 0.29) is 5.75 Å². The molecule has 88 valence electrons. The largest absolute Gasteiger partial charge is 0.508 e. The first kappa shape index (κ1) is 11.4. The zero-order chi connectivity index (χ0) is 11.4. The van der Waals surface area contributed by atoms with Gasteiger partial charge in [-0.2, -0.15) is 0 Å². The Bertz CT molecular complexity index is 319. The van der Waals surface area contributed by atoms with Crippen molar-refractivity contribution in [1.29, 1.82) is 0 Å². The Morgan fingerprint density at radius 2 is 1.94 bits per heavy atom. The third-order valence-electron chi connectivity index (χ3n) is 3.04. The van der Waals surface area contributed by atoms with Crippen molar-refractivity contribution in [3.8, 4) is 5.75 Å². The van der Waals surface area contributed by atoms with Gasteiger partial charge in [-0.15, -0.1) is 0 Å². The van der Waals surface area contributed by atoms with Crippen molar-refractivity contribution in [1.82, 2.24) is 5.32 Å². The molecule has 0 spiro atoms. The molecule has 1 unspecified atom stereocenters. The molecule has 0 saturated heterocycles. The van der Waals surface area contributed by atoms with Crippen LogP contribution in [0.2, 0.25) is 0 Å². The monoisotopic (exact) mass is 221 g/mol. The van der Waals surface area contributed by atoms with Crippen LogP contribution in [-0.4, -0.2) is 23.3 Å². The Balaban J connectivity index is 1.69. The predicted molar refractivity (Wildman–Crippen MR) is 63.3 cm³/mol. The average molecular weight is 221 g/mol. The molecule has 0 heterocycles. The molecular formula is C13H19NO2. The maximum absolute atomic E-state index is 9.85. The first-order valence-electron chi connectivity index (χ1n) is 5.93. The van der Waals surface area contributed by atoms with Crippen LogP contribution in [0.25, 0.3) is 0 Å². The summed E-state index contributed by atoms with van der Waals surface area (Å²) in [5.74, 6) is 1.16. The number of nitrogens with one attached hydrogen (secondary N) is 1. The second-order valence-electron chi connectivity index (χ2n) is 4.54. The molecule has 0 radical (unpaired) electrons. The quantitative estimate of drug-likeness (QED) is 0.642. The second kappa shape index (κ2) is 5.32. The highest BCUT2D eigenvalue weighted by molar-refractivity contribution is 5.27.